The fourth-order valence-electron chi connectivity index (χ4n) is 11.0. The van der Waals surface area contributed by atoms with Gasteiger partial charge in [-0.3, -0.25) is 4.57 Å². The molecule has 4 aromatic heterocycles. The van der Waals surface area contributed by atoms with Gasteiger partial charge in [-0.1, -0.05) is 189 Å². The summed E-state index contributed by atoms with van der Waals surface area (Å²) in [6.07, 6.45) is 3.82. The summed E-state index contributed by atoms with van der Waals surface area (Å²) >= 11 is 1.89. The highest BCUT2D eigenvalue weighted by Gasteiger charge is 2.45. The first-order chi connectivity index (χ1) is 32.7. The highest BCUT2D eigenvalue weighted by atomic mass is 32.1. The van der Waals surface area contributed by atoms with Crippen molar-refractivity contribution in [2.75, 3.05) is 0 Å². The van der Waals surface area contributed by atoms with Crippen LogP contribution in [-0.4, -0.2) is 23.4 Å². The number of aliphatic imine (C=N–C) groups is 1. The Kier molecular flexibility index (Phi) is 8.75. The average molecular weight is 880 g/mol. The highest BCUT2D eigenvalue weighted by Crippen LogP contribution is 2.43. The first-order valence-corrected chi connectivity index (χ1v) is 25.3. The van der Waals surface area contributed by atoms with E-state index in [-0.39, 0.29) is 0 Å². The molecular weight excluding hydrogens is 839 g/mol. The van der Waals surface area contributed by atoms with Crippen LogP contribution < -0.4 is 20.7 Å². The minimum atomic E-state index is -3.22. The maximum atomic E-state index is 7.54. The van der Waals surface area contributed by atoms with Crippen molar-refractivity contribution in [1.82, 2.24) is 9.13 Å². The zero-order valence-electron chi connectivity index (χ0n) is 36.1. The fourth-order valence-corrected chi connectivity index (χ4v) is 17.8. The SMILES string of the molecule is C=Cc1c(/N=C\C)n(-c2cccc3c2sc2c([Si](c4ccccc4)(c4ccccc4)c4cccc5c4oc4c(-n6c7ccccc7c7ccccc76)cccc45)cccc23)c2ccccc12. The lowest BCUT2D eigenvalue weighted by atomic mass is 10.1. The fraction of sp³-hybridized carbons (Fsp3) is 0.0167. The highest BCUT2D eigenvalue weighted by molar-refractivity contribution is 7.31. The molecule has 0 saturated heterocycles. The molecule has 0 bridgehead atoms. The van der Waals surface area contributed by atoms with Crippen molar-refractivity contribution in [1.29, 1.82) is 0 Å². The molecule has 4 nitrogen and oxygen atoms in total. The van der Waals surface area contributed by atoms with E-state index in [4.69, 9.17) is 9.41 Å². The van der Waals surface area contributed by atoms with Gasteiger partial charge in [0.05, 0.1) is 32.6 Å². The Labute approximate surface area is 386 Å². The summed E-state index contributed by atoms with van der Waals surface area (Å²) in [5.41, 5.74) is 8.38. The van der Waals surface area contributed by atoms with E-state index in [0.717, 1.165) is 66.6 Å². The summed E-state index contributed by atoms with van der Waals surface area (Å²) in [5.74, 6) is 0.882. The van der Waals surface area contributed by atoms with Gasteiger partial charge in [-0.05, 0) is 58.0 Å². The van der Waals surface area contributed by atoms with Gasteiger partial charge in [0, 0.05) is 54.2 Å². The minimum Gasteiger partial charge on any atom is -0.454 e. The Morgan fingerprint density at radius 3 is 1.56 bits per heavy atom. The standard InChI is InChI=1S/C60H41N3OSSi/c1-3-41-42-25-11-16-34-51(42)63(60(41)61-4-2)53-36-18-30-47-48-31-20-38-55(59(48)65-58(47)53)66(39-21-7-5-8-22-39,40-23-9-6-10-24-40)54-37-19-29-46-45-28-17-35-52(56(45)64-57(46)54)62-49-32-14-12-26-43(49)44-27-13-15-33-50(44)62/h3-38H,1H2,2H3/b61-4-. The molecule has 4 heterocycles. The molecule has 6 heteroatoms. The van der Waals surface area contributed by atoms with Crippen molar-refractivity contribution < 1.29 is 4.42 Å². The van der Waals surface area contributed by atoms with Gasteiger partial charge in [-0.2, -0.15) is 0 Å². The van der Waals surface area contributed by atoms with Crippen LogP contribution >= 0.6 is 11.3 Å². The van der Waals surface area contributed by atoms with Crippen LogP contribution in [0, 0.1) is 0 Å². The second kappa shape index (κ2) is 15.0. The second-order valence-electron chi connectivity index (χ2n) is 16.9. The van der Waals surface area contributed by atoms with Gasteiger partial charge in [0.25, 0.3) is 0 Å². The summed E-state index contributed by atoms with van der Waals surface area (Å²) in [6.45, 7) is 6.22. The summed E-state index contributed by atoms with van der Waals surface area (Å²) < 4.78 is 14.7. The van der Waals surface area contributed by atoms with Crippen LogP contribution in [-0.2, 0) is 0 Å². The van der Waals surface area contributed by atoms with Gasteiger partial charge in [-0.15, -0.1) is 11.3 Å². The van der Waals surface area contributed by atoms with Crippen molar-refractivity contribution >= 4 is 133 Å². The zero-order chi connectivity index (χ0) is 43.9. The van der Waals surface area contributed by atoms with Crippen molar-refractivity contribution in [3.05, 3.63) is 218 Å². The molecule has 66 heavy (non-hydrogen) atoms. The first-order valence-electron chi connectivity index (χ1n) is 22.4. The monoisotopic (exact) mass is 879 g/mol. The molecule has 13 aromatic rings. The number of thiophene rings is 1. The number of hydrogen-bond donors (Lipinski definition) is 0. The lowest BCUT2D eigenvalue weighted by molar-refractivity contribution is 0.668. The van der Waals surface area contributed by atoms with Gasteiger partial charge < -0.3 is 8.98 Å². The number of aromatic nitrogens is 2. The number of rotatable bonds is 8. The molecule has 0 saturated carbocycles. The van der Waals surface area contributed by atoms with E-state index in [9.17, 15) is 0 Å². The predicted octanol–water partition coefficient (Wildman–Crippen LogP) is 13.7. The summed E-state index contributed by atoms with van der Waals surface area (Å²) in [6, 6.07) is 75.6. The van der Waals surface area contributed by atoms with Gasteiger partial charge in [0.1, 0.15) is 11.4 Å². The van der Waals surface area contributed by atoms with Crippen LogP contribution in [0.3, 0.4) is 0 Å². The number of nitrogens with zero attached hydrogens (tertiary/aromatic N) is 3. The third-order valence-corrected chi connectivity index (χ3v) is 19.9. The Hall–Kier alpha value is -8.03. The van der Waals surface area contributed by atoms with Crippen molar-refractivity contribution in [2.24, 2.45) is 4.99 Å². The molecule has 0 unspecified atom stereocenters. The number of benzene rings is 9. The van der Waals surface area contributed by atoms with Crippen LogP contribution in [0.5, 0.6) is 0 Å². The zero-order valence-corrected chi connectivity index (χ0v) is 38.0. The number of para-hydroxylation sites is 5. The molecule has 0 atom stereocenters. The van der Waals surface area contributed by atoms with Gasteiger partial charge in [0.15, 0.2) is 13.7 Å². The third kappa shape index (κ3) is 5.34. The van der Waals surface area contributed by atoms with Gasteiger partial charge in [0.2, 0.25) is 0 Å². The molecule has 0 aliphatic heterocycles. The Balaban J connectivity index is 1.15. The quantitative estimate of drug-likeness (QED) is 0.0851. The van der Waals surface area contributed by atoms with E-state index in [1.165, 1.54) is 51.7 Å². The smallest absolute Gasteiger partial charge is 0.185 e. The third-order valence-electron chi connectivity index (χ3n) is 13.6. The van der Waals surface area contributed by atoms with E-state index in [1.807, 2.05) is 30.6 Å². The lowest BCUT2D eigenvalue weighted by Crippen LogP contribution is -2.74. The predicted molar refractivity (Wildman–Crippen MR) is 285 cm³/mol. The van der Waals surface area contributed by atoms with E-state index in [2.05, 4.69) is 222 Å². The molecule has 9 aromatic carbocycles. The molecule has 0 radical (unpaired) electrons. The Bertz CT molecular complexity index is 4000. The summed E-state index contributed by atoms with van der Waals surface area (Å²) in [4.78, 5) is 4.99. The normalized spacial score (nSPS) is 12.3. The molecule has 13 rings (SSSR count). The number of furan rings is 1. The van der Waals surface area contributed by atoms with Crippen LogP contribution in [0.25, 0.3) is 92.3 Å². The molecule has 312 valence electrons. The van der Waals surface area contributed by atoms with Crippen molar-refractivity contribution in [3.63, 3.8) is 0 Å². The Morgan fingerprint density at radius 1 is 0.455 bits per heavy atom. The average Bonchev–Trinajstić information content (AvgIpc) is 4.13. The maximum absolute atomic E-state index is 7.54. The van der Waals surface area contributed by atoms with Crippen LogP contribution in [0.2, 0.25) is 0 Å². The van der Waals surface area contributed by atoms with E-state index >= 15 is 0 Å². The topological polar surface area (TPSA) is 35.4 Å². The molecule has 0 amide bonds. The van der Waals surface area contributed by atoms with E-state index < -0.39 is 8.07 Å². The van der Waals surface area contributed by atoms with Crippen LogP contribution in [0.1, 0.15) is 12.5 Å². The van der Waals surface area contributed by atoms with Crippen molar-refractivity contribution in [3.8, 4) is 11.4 Å². The van der Waals surface area contributed by atoms with Gasteiger partial charge >= 0.3 is 0 Å². The molecule has 0 aliphatic carbocycles. The molecule has 0 spiro atoms. The molecular formula is C60H41N3OSSi. The second-order valence-corrected chi connectivity index (χ2v) is 21.7. The number of hydrogen-bond acceptors (Lipinski definition) is 3. The number of fused-ring (bicyclic) bond motifs is 10. The van der Waals surface area contributed by atoms with Crippen molar-refractivity contribution in [2.45, 2.75) is 6.92 Å². The summed E-state index contributed by atoms with van der Waals surface area (Å²) in [7, 11) is -3.22. The molecule has 0 N–H and O–H groups in total. The largest absolute Gasteiger partial charge is 0.454 e. The van der Waals surface area contributed by atoms with Crippen LogP contribution in [0.4, 0.5) is 5.82 Å². The summed E-state index contributed by atoms with van der Waals surface area (Å²) in [5, 5.41) is 13.4. The molecule has 0 aliphatic rings. The Morgan fingerprint density at radius 2 is 0.939 bits per heavy atom. The van der Waals surface area contributed by atoms with Gasteiger partial charge in [-0.25, -0.2) is 4.99 Å². The van der Waals surface area contributed by atoms with E-state index in [0.29, 0.717) is 0 Å². The minimum absolute atomic E-state index is 0.878. The molecule has 0 fully saturated rings. The van der Waals surface area contributed by atoms with Crippen LogP contribution in [0.15, 0.2) is 222 Å². The maximum Gasteiger partial charge on any atom is 0.185 e. The van der Waals surface area contributed by atoms with E-state index in [1.54, 1.807) is 0 Å². The first kappa shape index (κ1) is 38.4. The lowest BCUT2D eigenvalue weighted by Gasteiger charge is -2.34.